The molecule has 10 heavy (non-hydrogen) atoms. The molecule has 0 aromatic rings. The van der Waals surface area contributed by atoms with Gasteiger partial charge in [0.2, 0.25) is 0 Å². The molecule has 0 rings (SSSR count). The maximum atomic E-state index is 8.48. The van der Waals surface area contributed by atoms with E-state index in [1.165, 1.54) is 0 Å². The number of aliphatic hydroxyl groups excluding tert-OH is 1. The second-order valence-corrected chi connectivity index (χ2v) is 2.10. The molecule has 0 bridgehead atoms. The summed E-state index contributed by atoms with van der Waals surface area (Å²) in [6.45, 7) is 2.66. The van der Waals surface area contributed by atoms with Crippen LogP contribution in [0, 0.1) is 5.92 Å². The van der Waals surface area contributed by atoms with Crippen LogP contribution in [0.5, 0.6) is 0 Å². The Bertz CT molecular complexity index is 57.7. The fourth-order valence-electron chi connectivity index (χ4n) is 0.706. The Labute approximate surface area is 75.5 Å². The van der Waals surface area contributed by atoms with Crippen LogP contribution in [0.25, 0.3) is 5.90 Å². The van der Waals surface area contributed by atoms with Crippen molar-refractivity contribution in [2.75, 3.05) is 13.2 Å². The fourth-order valence-corrected chi connectivity index (χ4v) is 0.706. The predicted molar refractivity (Wildman–Crippen MR) is 35.8 cm³/mol. The average Bonchev–Trinajstić information content (AvgIpc) is 1.88. The zero-order valence-electron chi connectivity index (χ0n) is 6.08. The summed E-state index contributed by atoms with van der Waals surface area (Å²) in [5.74, 6) is 6.79. The average molecular weight is 239 g/mol. The van der Waals surface area contributed by atoms with Gasteiger partial charge in [0, 0.05) is 33.6 Å². The first-order valence-electron chi connectivity index (χ1n) is 3.24. The number of rotatable bonds is 5. The van der Waals surface area contributed by atoms with Crippen molar-refractivity contribution in [3.8, 4) is 0 Å². The Balaban J connectivity index is 0. The molecule has 4 heteroatoms. The third-order valence-corrected chi connectivity index (χ3v) is 1.43. The van der Waals surface area contributed by atoms with E-state index in [9.17, 15) is 0 Å². The van der Waals surface area contributed by atoms with Crippen LogP contribution in [0.2, 0.25) is 0 Å². The van der Waals surface area contributed by atoms with Crippen LogP contribution in [-0.2, 0) is 25.3 Å². The van der Waals surface area contributed by atoms with Gasteiger partial charge in [-0.15, -0.1) is 0 Å². The molecular formula is C6H14NO2Pd-. The first kappa shape index (κ1) is 13.2. The van der Waals surface area contributed by atoms with E-state index in [0.29, 0.717) is 12.5 Å². The van der Waals surface area contributed by atoms with Crippen LogP contribution in [0.15, 0.2) is 0 Å². The number of hydrogen-bond acceptors (Lipinski definition) is 2. The molecule has 66 valence electrons. The molecule has 0 saturated carbocycles. The molecule has 0 aromatic heterocycles. The van der Waals surface area contributed by atoms with Crippen molar-refractivity contribution >= 4 is 0 Å². The van der Waals surface area contributed by atoms with E-state index in [2.05, 4.69) is 4.84 Å². The molecule has 1 atom stereocenters. The van der Waals surface area contributed by atoms with Gasteiger partial charge in [-0.25, -0.2) is 0 Å². The molecule has 0 amide bonds. The smallest absolute Gasteiger partial charge is 0.0434 e. The minimum atomic E-state index is 0. The van der Waals surface area contributed by atoms with Crippen molar-refractivity contribution < 1.29 is 30.4 Å². The maximum Gasteiger partial charge on any atom is 0.0434 e. The van der Waals surface area contributed by atoms with Crippen molar-refractivity contribution in [1.82, 2.24) is 0 Å². The topological polar surface area (TPSA) is 53.3 Å². The molecule has 0 heterocycles. The van der Waals surface area contributed by atoms with Gasteiger partial charge in [-0.3, -0.25) is 0 Å². The molecule has 0 aliphatic carbocycles. The first-order chi connectivity index (χ1) is 4.35. The molecule has 0 fully saturated rings. The summed E-state index contributed by atoms with van der Waals surface area (Å²) in [6.07, 6.45) is 1.72. The molecular weight excluding hydrogens is 224 g/mol. The Morgan fingerprint density at radius 2 is 2.20 bits per heavy atom. The van der Waals surface area contributed by atoms with E-state index in [4.69, 9.17) is 11.0 Å². The summed E-state index contributed by atoms with van der Waals surface area (Å²) in [5.41, 5.74) is 0. The monoisotopic (exact) mass is 238 g/mol. The molecule has 0 saturated heterocycles. The van der Waals surface area contributed by atoms with Crippen molar-refractivity contribution in [1.29, 1.82) is 0 Å². The van der Waals surface area contributed by atoms with Gasteiger partial charge in [-0.1, -0.05) is 13.3 Å². The molecule has 0 spiro atoms. The molecule has 0 aliphatic rings. The number of aliphatic hydroxyl groups is 1. The van der Waals surface area contributed by atoms with Gasteiger partial charge in [0.15, 0.2) is 0 Å². The standard InChI is InChI=1S/C6H14NO2.Pd/c1-2-6(3-4-8)5-9-7;/h6-8H,2-5H2,1H3;/q-1;. The molecule has 2 N–H and O–H groups in total. The van der Waals surface area contributed by atoms with E-state index in [-0.39, 0.29) is 27.0 Å². The number of hydrogen-bond donors (Lipinski definition) is 1. The van der Waals surface area contributed by atoms with Crippen molar-refractivity contribution in [3.05, 3.63) is 5.90 Å². The number of nitrogens with one attached hydrogen (secondary N) is 1. The minimum Gasteiger partial charge on any atom is -0.549 e. The molecule has 0 aliphatic heterocycles. The van der Waals surface area contributed by atoms with Crippen LogP contribution in [0.1, 0.15) is 19.8 Å². The van der Waals surface area contributed by atoms with Crippen LogP contribution in [-0.4, -0.2) is 18.3 Å². The van der Waals surface area contributed by atoms with Crippen molar-refractivity contribution in [3.63, 3.8) is 0 Å². The first-order valence-corrected chi connectivity index (χ1v) is 3.24. The van der Waals surface area contributed by atoms with E-state index in [0.717, 1.165) is 12.8 Å². The van der Waals surface area contributed by atoms with Gasteiger partial charge in [0.25, 0.3) is 0 Å². The zero-order valence-corrected chi connectivity index (χ0v) is 7.63. The van der Waals surface area contributed by atoms with Crippen LogP contribution < -0.4 is 0 Å². The Kier molecular flexibility index (Phi) is 12.6. The minimum absolute atomic E-state index is 0. The normalized spacial score (nSPS) is 12.3. The van der Waals surface area contributed by atoms with Gasteiger partial charge in [-0.2, -0.15) is 0 Å². The fraction of sp³-hybridized carbons (Fsp3) is 1.00. The summed E-state index contributed by atoms with van der Waals surface area (Å²) in [5, 5.41) is 8.48. The third kappa shape index (κ3) is 6.66. The van der Waals surface area contributed by atoms with E-state index in [1.54, 1.807) is 0 Å². The molecule has 1 unspecified atom stereocenters. The quantitative estimate of drug-likeness (QED) is 0.581. The van der Waals surface area contributed by atoms with Crippen LogP contribution in [0.4, 0.5) is 0 Å². The zero-order chi connectivity index (χ0) is 7.11. The van der Waals surface area contributed by atoms with Crippen molar-refractivity contribution in [2.45, 2.75) is 19.8 Å². The van der Waals surface area contributed by atoms with Gasteiger partial charge < -0.3 is 15.8 Å². The Morgan fingerprint density at radius 1 is 1.60 bits per heavy atom. The maximum absolute atomic E-state index is 8.48. The largest absolute Gasteiger partial charge is 0.549 e. The second-order valence-electron chi connectivity index (χ2n) is 2.10. The van der Waals surface area contributed by atoms with E-state index in [1.807, 2.05) is 6.92 Å². The Hall–Kier alpha value is 0.542. The van der Waals surface area contributed by atoms with Gasteiger partial charge in [0.1, 0.15) is 0 Å². The van der Waals surface area contributed by atoms with Crippen LogP contribution >= 0.6 is 0 Å². The van der Waals surface area contributed by atoms with Crippen molar-refractivity contribution in [2.24, 2.45) is 5.92 Å². The molecule has 3 nitrogen and oxygen atoms in total. The van der Waals surface area contributed by atoms with Gasteiger partial charge in [0.05, 0.1) is 0 Å². The second kappa shape index (κ2) is 9.54. The van der Waals surface area contributed by atoms with Gasteiger partial charge in [-0.05, 0) is 12.3 Å². The summed E-state index contributed by atoms with van der Waals surface area (Å²) in [4.78, 5) is 4.19. The molecule has 0 aromatic carbocycles. The third-order valence-electron chi connectivity index (χ3n) is 1.43. The Morgan fingerprint density at radius 3 is 2.50 bits per heavy atom. The summed E-state index contributed by atoms with van der Waals surface area (Å²) in [7, 11) is 0. The summed E-state index contributed by atoms with van der Waals surface area (Å²) < 4.78 is 0. The SMILES string of the molecule is CCC(CCO)CO[NH-].[Pd]. The summed E-state index contributed by atoms with van der Waals surface area (Å²) >= 11 is 0. The van der Waals surface area contributed by atoms with Crippen LogP contribution in [0.3, 0.4) is 0 Å². The van der Waals surface area contributed by atoms with E-state index >= 15 is 0 Å². The molecule has 0 radical (unpaired) electrons. The predicted octanol–water partition coefficient (Wildman–Crippen LogP) is 1.38. The van der Waals surface area contributed by atoms with E-state index < -0.39 is 0 Å². The van der Waals surface area contributed by atoms with Gasteiger partial charge >= 0.3 is 0 Å². The summed E-state index contributed by atoms with van der Waals surface area (Å²) in [6, 6.07) is 0.